The quantitative estimate of drug-likeness (QED) is 0.368. The first-order valence-corrected chi connectivity index (χ1v) is 6.83. The molecule has 0 rings (SSSR count). The van der Waals surface area contributed by atoms with Gasteiger partial charge in [-0.2, -0.15) is 0 Å². The average Bonchev–Trinajstić information content (AvgIpc) is 2.11. The molecule has 0 heterocycles. The molecule has 0 aromatic carbocycles. The molecule has 0 radical (unpaired) electrons. The van der Waals surface area contributed by atoms with Crippen molar-refractivity contribution in [1.29, 1.82) is 0 Å². The fourth-order valence-electron chi connectivity index (χ4n) is 2.60. The highest BCUT2D eigenvalue weighted by atomic mass is 16.3. The number of rotatable bonds is 9. The number of nitrogens with one attached hydrogen (secondary N) is 1. The Balaban J connectivity index is 4.31. The average molecular weight is 264 g/mol. The van der Waals surface area contributed by atoms with Crippen molar-refractivity contribution in [3.05, 3.63) is 0 Å². The monoisotopic (exact) mass is 264 g/mol. The van der Waals surface area contributed by atoms with E-state index in [4.69, 9.17) is 0 Å². The summed E-state index contributed by atoms with van der Waals surface area (Å²) in [6.07, 6.45) is -1.03. The zero-order chi connectivity index (χ0) is 14.3. The molecular weight excluding hydrogens is 232 g/mol. The van der Waals surface area contributed by atoms with Crippen molar-refractivity contribution in [1.82, 2.24) is 0 Å². The van der Waals surface area contributed by atoms with Crippen LogP contribution in [0.1, 0.15) is 20.8 Å². The first-order chi connectivity index (χ1) is 8.14. The molecule has 0 saturated carbocycles. The van der Waals surface area contributed by atoms with Gasteiger partial charge in [0.05, 0.1) is 14.1 Å². The van der Waals surface area contributed by atoms with Gasteiger partial charge in [0.15, 0.2) is 0 Å². The van der Waals surface area contributed by atoms with Gasteiger partial charge < -0.3 is 24.7 Å². The van der Waals surface area contributed by atoms with Gasteiger partial charge in [-0.25, -0.2) is 0 Å². The molecule has 0 spiro atoms. The number of aliphatic hydroxyl groups excluding tert-OH is 3. The summed E-state index contributed by atoms with van der Waals surface area (Å²) in [4.78, 5) is 1.27. The Morgan fingerprint density at radius 3 is 1.72 bits per heavy atom. The number of hydrogen-bond donors (Lipinski definition) is 4. The summed E-state index contributed by atoms with van der Waals surface area (Å²) in [5.74, 6) is 0. The normalized spacial score (nSPS) is 22.0. The van der Waals surface area contributed by atoms with Crippen molar-refractivity contribution in [2.45, 2.75) is 39.1 Å². The van der Waals surface area contributed by atoms with Gasteiger partial charge in [0.1, 0.15) is 51.0 Å². The summed E-state index contributed by atoms with van der Waals surface area (Å²) in [7, 11) is 4.12. The molecule has 0 aliphatic rings. The van der Waals surface area contributed by atoms with Gasteiger partial charge in [0.25, 0.3) is 0 Å². The molecule has 0 fully saturated rings. The maximum atomic E-state index is 9.57. The van der Waals surface area contributed by atoms with Crippen LogP contribution in [-0.4, -0.2) is 84.9 Å². The number of hydrogen-bond acceptors (Lipinski definition) is 3. The molecule has 0 aromatic rings. The molecule has 0 aliphatic carbocycles. The second kappa shape index (κ2) is 8.07. The van der Waals surface area contributed by atoms with Crippen LogP contribution in [0.2, 0.25) is 0 Å². The highest BCUT2D eigenvalue weighted by molar-refractivity contribution is 4.51. The number of quaternary nitrogens is 2. The molecule has 18 heavy (non-hydrogen) atoms. The molecule has 4 unspecified atom stereocenters. The molecule has 0 aliphatic heterocycles. The van der Waals surface area contributed by atoms with Crippen LogP contribution in [0.15, 0.2) is 0 Å². The predicted molar refractivity (Wildman–Crippen MR) is 72.4 cm³/mol. The number of aliphatic hydroxyl groups is 3. The van der Waals surface area contributed by atoms with Crippen LogP contribution in [0.4, 0.5) is 0 Å². The van der Waals surface area contributed by atoms with Crippen LogP contribution >= 0.6 is 0 Å². The van der Waals surface area contributed by atoms with Crippen molar-refractivity contribution >= 4 is 0 Å². The molecule has 5 nitrogen and oxygen atoms in total. The van der Waals surface area contributed by atoms with E-state index in [1.807, 2.05) is 0 Å². The van der Waals surface area contributed by atoms with E-state index in [0.717, 1.165) is 19.6 Å². The molecule has 0 bridgehead atoms. The predicted octanol–water partition coefficient (Wildman–Crippen LogP) is -1.91. The maximum Gasteiger partial charge on any atom is 0.128 e. The van der Waals surface area contributed by atoms with Crippen molar-refractivity contribution in [3.8, 4) is 0 Å². The zero-order valence-corrected chi connectivity index (χ0v) is 12.6. The summed E-state index contributed by atoms with van der Waals surface area (Å²) in [6.45, 7) is 9.18. The standard InChI is InChI=1S/C13H31N2O3/c1-11(16)8-14(4)6-7-15(5,9-12(2)17)10-13(3)18/h11-13,16-18H,6-10H2,1-5H3/q+1/p+1. The van der Waals surface area contributed by atoms with Gasteiger partial charge in [-0.15, -0.1) is 0 Å². The lowest BCUT2D eigenvalue weighted by Gasteiger charge is -2.37. The van der Waals surface area contributed by atoms with Gasteiger partial charge in [-0.3, -0.25) is 0 Å². The Hall–Kier alpha value is -0.200. The Labute approximate surface area is 111 Å². The van der Waals surface area contributed by atoms with E-state index >= 15 is 0 Å². The fraction of sp³-hybridized carbons (Fsp3) is 1.00. The Kier molecular flexibility index (Phi) is 7.98. The number of likely N-dealkylation sites (N-methyl/N-ethyl adjacent to an activating group) is 2. The van der Waals surface area contributed by atoms with Crippen molar-refractivity contribution < 1.29 is 24.7 Å². The molecule has 110 valence electrons. The highest BCUT2D eigenvalue weighted by Gasteiger charge is 2.27. The van der Waals surface area contributed by atoms with Crippen LogP contribution in [-0.2, 0) is 0 Å². The Morgan fingerprint density at radius 1 is 0.944 bits per heavy atom. The van der Waals surface area contributed by atoms with Gasteiger partial charge in [-0.05, 0) is 20.8 Å². The summed E-state index contributed by atoms with van der Waals surface area (Å²) in [5, 5.41) is 28.5. The smallest absolute Gasteiger partial charge is 0.128 e. The molecular formula is C13H32N2O3+2. The van der Waals surface area contributed by atoms with E-state index in [0.29, 0.717) is 17.6 Å². The lowest BCUT2D eigenvalue weighted by molar-refractivity contribution is -0.956. The summed E-state index contributed by atoms with van der Waals surface area (Å²) < 4.78 is 0.659. The Morgan fingerprint density at radius 2 is 1.39 bits per heavy atom. The largest absolute Gasteiger partial charge is 0.388 e. The molecule has 0 amide bonds. The van der Waals surface area contributed by atoms with Crippen molar-refractivity contribution in [3.63, 3.8) is 0 Å². The van der Waals surface area contributed by atoms with Crippen LogP contribution in [0.25, 0.3) is 0 Å². The van der Waals surface area contributed by atoms with Crippen molar-refractivity contribution in [2.75, 3.05) is 46.8 Å². The van der Waals surface area contributed by atoms with E-state index in [2.05, 4.69) is 14.1 Å². The number of nitrogens with zero attached hydrogens (tertiary/aromatic N) is 1. The minimum atomic E-state index is -0.370. The first kappa shape index (κ1) is 17.8. The summed E-state index contributed by atoms with van der Waals surface area (Å²) in [6, 6.07) is 0. The third kappa shape index (κ3) is 8.83. The summed E-state index contributed by atoms with van der Waals surface area (Å²) >= 11 is 0. The van der Waals surface area contributed by atoms with Crippen LogP contribution in [0, 0.1) is 0 Å². The summed E-state index contributed by atoms with van der Waals surface area (Å²) in [5.41, 5.74) is 0. The van der Waals surface area contributed by atoms with Crippen LogP contribution in [0.5, 0.6) is 0 Å². The third-order valence-electron chi connectivity index (χ3n) is 3.13. The van der Waals surface area contributed by atoms with Crippen molar-refractivity contribution in [2.24, 2.45) is 0 Å². The minimum absolute atomic E-state index is 0.294. The lowest BCUT2D eigenvalue weighted by atomic mass is 10.2. The molecule has 5 heteroatoms. The van der Waals surface area contributed by atoms with Gasteiger partial charge in [0.2, 0.25) is 0 Å². The molecule has 0 saturated heterocycles. The fourth-order valence-corrected chi connectivity index (χ4v) is 2.60. The van der Waals surface area contributed by atoms with Gasteiger partial charge >= 0.3 is 0 Å². The maximum absolute atomic E-state index is 9.57. The van der Waals surface area contributed by atoms with E-state index in [9.17, 15) is 15.3 Å². The zero-order valence-electron chi connectivity index (χ0n) is 12.6. The minimum Gasteiger partial charge on any atom is -0.388 e. The highest BCUT2D eigenvalue weighted by Crippen LogP contribution is 2.05. The lowest BCUT2D eigenvalue weighted by Crippen LogP contribution is -3.11. The topological polar surface area (TPSA) is 65.1 Å². The third-order valence-corrected chi connectivity index (χ3v) is 3.13. The van der Waals surface area contributed by atoms with E-state index in [1.165, 1.54) is 4.90 Å². The molecule has 4 N–H and O–H groups in total. The van der Waals surface area contributed by atoms with E-state index in [1.54, 1.807) is 20.8 Å². The second-order valence-corrected chi connectivity index (χ2v) is 6.17. The second-order valence-electron chi connectivity index (χ2n) is 6.17. The first-order valence-electron chi connectivity index (χ1n) is 6.83. The SMILES string of the molecule is CC(O)C[NH+](C)CC[N+](C)(CC(C)O)CC(C)O. The Bertz CT molecular complexity index is 210. The molecule has 0 aromatic heterocycles. The molecule has 4 atom stereocenters. The van der Waals surface area contributed by atoms with E-state index in [-0.39, 0.29) is 18.3 Å². The van der Waals surface area contributed by atoms with Gasteiger partial charge in [0, 0.05) is 0 Å². The van der Waals surface area contributed by atoms with E-state index < -0.39 is 0 Å². The van der Waals surface area contributed by atoms with Gasteiger partial charge in [-0.1, -0.05) is 0 Å². The van der Waals surface area contributed by atoms with Crippen LogP contribution in [0.3, 0.4) is 0 Å². The van der Waals surface area contributed by atoms with Crippen LogP contribution < -0.4 is 4.90 Å².